The van der Waals surface area contributed by atoms with Crippen LogP contribution in [0.5, 0.6) is 11.5 Å². The number of nitrogens with zero attached hydrogens (tertiary/aromatic N) is 4. The number of likely N-dealkylation sites (N-methyl/N-ethyl adjacent to an activating group) is 1. The third kappa shape index (κ3) is 3.65. The molecule has 2 aliphatic heterocycles. The first kappa shape index (κ1) is 21.4. The van der Waals surface area contributed by atoms with Crippen molar-refractivity contribution in [2.45, 2.75) is 0 Å². The van der Waals surface area contributed by atoms with E-state index in [1.54, 1.807) is 18.2 Å². The molecule has 1 N–H and O–H groups in total. The first-order valence-electron chi connectivity index (χ1n) is 11.7. The third-order valence-electron chi connectivity index (χ3n) is 6.89. The summed E-state index contributed by atoms with van der Waals surface area (Å²) < 4.78 is 7.76. The summed E-state index contributed by atoms with van der Waals surface area (Å²) in [4.78, 5) is 22.3. The fourth-order valence-electron chi connectivity index (χ4n) is 4.96. The number of phenolic OH excluding ortho intramolecular Hbond substituents is 1. The number of aromatic nitrogens is 2. The Bertz CT molecular complexity index is 1480. The molecule has 0 atom stereocenters. The number of rotatable bonds is 3. The van der Waals surface area contributed by atoms with Crippen molar-refractivity contribution >= 4 is 28.6 Å². The number of pyridine rings is 1. The zero-order valence-corrected chi connectivity index (χ0v) is 19.7. The average Bonchev–Trinajstić information content (AvgIpc) is 3.37. The predicted molar refractivity (Wildman–Crippen MR) is 137 cm³/mol. The summed E-state index contributed by atoms with van der Waals surface area (Å²) in [6, 6.07) is 15.5. The highest BCUT2D eigenvalue weighted by molar-refractivity contribution is 6.17. The first-order valence-corrected chi connectivity index (χ1v) is 11.7. The van der Waals surface area contributed by atoms with Crippen molar-refractivity contribution in [3.05, 3.63) is 77.8 Å². The predicted octanol–water partition coefficient (Wildman–Crippen LogP) is 4.31. The lowest BCUT2D eigenvalue weighted by atomic mass is 10.00. The number of benzene rings is 2. The number of hydrogen-bond donors (Lipinski definition) is 1. The van der Waals surface area contributed by atoms with E-state index in [1.165, 1.54) is 11.8 Å². The van der Waals surface area contributed by atoms with Gasteiger partial charge in [-0.3, -0.25) is 4.79 Å². The van der Waals surface area contributed by atoms with Crippen LogP contribution in [0, 0.1) is 0 Å². The van der Waals surface area contributed by atoms with Crippen LogP contribution >= 0.6 is 0 Å². The number of allylic oxidation sites excluding steroid dienone is 1. The molecule has 2 aromatic carbocycles. The van der Waals surface area contributed by atoms with E-state index in [9.17, 15) is 9.90 Å². The topological polar surface area (TPSA) is 70.8 Å². The highest BCUT2D eigenvalue weighted by Gasteiger charge is 2.30. The van der Waals surface area contributed by atoms with E-state index >= 15 is 0 Å². The van der Waals surface area contributed by atoms with E-state index in [0.29, 0.717) is 5.75 Å². The number of Topliss-reactive ketones (excluding diaryl/α,β-unsaturated/α-hetero) is 1. The molecule has 2 aliphatic rings. The summed E-state index contributed by atoms with van der Waals surface area (Å²) in [6.45, 7) is 4.18. The van der Waals surface area contributed by atoms with Gasteiger partial charge in [0.1, 0.15) is 22.7 Å². The van der Waals surface area contributed by atoms with Crippen LogP contribution in [0.2, 0.25) is 0 Å². The van der Waals surface area contributed by atoms with Gasteiger partial charge in [0.2, 0.25) is 5.78 Å². The normalized spacial score (nSPS) is 17.3. The summed E-state index contributed by atoms with van der Waals surface area (Å²) in [5.74, 6) is 0.169. The highest BCUT2D eigenvalue weighted by atomic mass is 16.5. The number of piperazine rings is 1. The molecule has 0 amide bonds. The zero-order chi connectivity index (χ0) is 24.1. The van der Waals surface area contributed by atoms with E-state index in [4.69, 9.17) is 4.74 Å². The van der Waals surface area contributed by atoms with Gasteiger partial charge in [0.15, 0.2) is 5.76 Å². The second-order valence-electron chi connectivity index (χ2n) is 9.18. The molecule has 0 unspecified atom stereocenters. The SMILES string of the molecule is CN1CCN(c2ccc(-c3ccnc4c3c(/C=C3\Oc5cccc(O)c5C3=O)cn4C)cc2)CC1. The van der Waals surface area contributed by atoms with Gasteiger partial charge in [-0.25, -0.2) is 4.98 Å². The lowest BCUT2D eigenvalue weighted by Gasteiger charge is -2.34. The van der Waals surface area contributed by atoms with Crippen LogP contribution in [0.25, 0.3) is 28.2 Å². The molecule has 1 fully saturated rings. The number of fused-ring (bicyclic) bond motifs is 2. The summed E-state index contributed by atoms with van der Waals surface area (Å²) in [6.07, 6.45) is 5.51. The minimum atomic E-state index is -0.322. The molecule has 7 heteroatoms. The number of aromatic hydroxyl groups is 1. The summed E-state index contributed by atoms with van der Waals surface area (Å²) >= 11 is 0. The Balaban J connectivity index is 1.39. The van der Waals surface area contributed by atoms with Crippen LogP contribution in [-0.2, 0) is 7.05 Å². The maximum atomic E-state index is 12.9. The summed E-state index contributed by atoms with van der Waals surface area (Å²) in [7, 11) is 4.10. The smallest absolute Gasteiger partial charge is 0.235 e. The molecule has 35 heavy (non-hydrogen) atoms. The Morgan fingerprint density at radius 1 is 1.00 bits per heavy atom. The van der Waals surface area contributed by atoms with Crippen molar-refractivity contribution < 1.29 is 14.6 Å². The Morgan fingerprint density at radius 3 is 2.51 bits per heavy atom. The maximum Gasteiger partial charge on any atom is 0.235 e. The number of hydrogen-bond acceptors (Lipinski definition) is 6. The monoisotopic (exact) mass is 466 g/mol. The molecule has 1 saturated heterocycles. The Morgan fingerprint density at radius 2 is 1.77 bits per heavy atom. The number of ether oxygens (including phenoxy) is 1. The quantitative estimate of drug-likeness (QED) is 0.454. The van der Waals surface area contributed by atoms with Crippen molar-refractivity contribution in [3.8, 4) is 22.6 Å². The van der Waals surface area contributed by atoms with Gasteiger partial charge in [0.05, 0.1) is 0 Å². The van der Waals surface area contributed by atoms with Crippen molar-refractivity contribution in [3.63, 3.8) is 0 Å². The van der Waals surface area contributed by atoms with Gasteiger partial charge in [-0.05, 0) is 54.6 Å². The average molecular weight is 467 g/mol. The lowest BCUT2D eigenvalue weighted by molar-refractivity contribution is 0.101. The Labute approximate surface area is 203 Å². The van der Waals surface area contributed by atoms with Gasteiger partial charge in [0.25, 0.3) is 0 Å². The fourth-order valence-corrected chi connectivity index (χ4v) is 4.96. The van der Waals surface area contributed by atoms with E-state index in [0.717, 1.165) is 53.9 Å². The lowest BCUT2D eigenvalue weighted by Crippen LogP contribution is -2.44. The molecule has 7 nitrogen and oxygen atoms in total. The van der Waals surface area contributed by atoms with Crippen LogP contribution in [0.15, 0.2) is 66.7 Å². The van der Waals surface area contributed by atoms with Crippen LogP contribution in [0.3, 0.4) is 0 Å². The standard InChI is InChI=1S/C28H26N4O3/c1-30-12-14-32(15-13-30)20-8-6-18(7-9-20)21-10-11-29-28-25(21)19(17-31(28)2)16-24-27(34)26-22(33)4-3-5-23(26)35-24/h3-11,16-17,33H,12-15H2,1-2H3/b24-16-. The van der Waals surface area contributed by atoms with Gasteiger partial charge >= 0.3 is 0 Å². The molecule has 176 valence electrons. The maximum absolute atomic E-state index is 12.9. The van der Waals surface area contributed by atoms with Crippen molar-refractivity contribution in [2.24, 2.45) is 7.05 Å². The van der Waals surface area contributed by atoms with E-state index in [1.807, 2.05) is 30.1 Å². The second kappa shape index (κ2) is 8.29. The van der Waals surface area contributed by atoms with E-state index in [-0.39, 0.29) is 22.9 Å². The van der Waals surface area contributed by atoms with Crippen LogP contribution in [0.4, 0.5) is 5.69 Å². The van der Waals surface area contributed by atoms with Crippen LogP contribution < -0.4 is 9.64 Å². The zero-order valence-electron chi connectivity index (χ0n) is 19.7. The number of ketones is 1. The number of carbonyl (C=O) groups excluding carboxylic acids is 1. The van der Waals surface area contributed by atoms with Crippen molar-refractivity contribution in [2.75, 3.05) is 38.1 Å². The van der Waals surface area contributed by atoms with Gasteiger partial charge in [0, 0.05) is 62.3 Å². The van der Waals surface area contributed by atoms with Gasteiger partial charge in [-0.1, -0.05) is 18.2 Å². The van der Waals surface area contributed by atoms with Crippen molar-refractivity contribution in [1.29, 1.82) is 0 Å². The number of aryl methyl sites for hydroxylation is 1. The number of carbonyl (C=O) groups is 1. The minimum absolute atomic E-state index is 0.0726. The molecule has 0 radical (unpaired) electrons. The molecule has 2 aromatic heterocycles. The van der Waals surface area contributed by atoms with Gasteiger partial charge in [-0.2, -0.15) is 0 Å². The molecule has 0 spiro atoms. The Kier molecular flexibility index (Phi) is 5.07. The van der Waals surface area contributed by atoms with Crippen LogP contribution in [-0.4, -0.2) is 58.6 Å². The molecular formula is C28H26N4O3. The third-order valence-corrected chi connectivity index (χ3v) is 6.89. The van der Waals surface area contributed by atoms with Crippen molar-refractivity contribution in [1.82, 2.24) is 14.5 Å². The van der Waals surface area contributed by atoms with Crippen LogP contribution in [0.1, 0.15) is 15.9 Å². The van der Waals surface area contributed by atoms with Gasteiger partial charge in [-0.15, -0.1) is 0 Å². The molecular weight excluding hydrogens is 440 g/mol. The number of phenols is 1. The van der Waals surface area contributed by atoms with Gasteiger partial charge < -0.3 is 24.2 Å². The summed E-state index contributed by atoms with van der Waals surface area (Å²) in [5, 5.41) is 11.1. The van der Waals surface area contributed by atoms with E-state index < -0.39 is 0 Å². The number of anilines is 1. The largest absolute Gasteiger partial charge is 0.507 e. The van der Waals surface area contributed by atoms with E-state index in [2.05, 4.69) is 46.1 Å². The fraction of sp³-hybridized carbons (Fsp3) is 0.214. The molecule has 4 aromatic rings. The summed E-state index contributed by atoms with van der Waals surface area (Å²) in [5.41, 5.74) is 5.22. The second-order valence-corrected chi connectivity index (χ2v) is 9.18. The Hall–Kier alpha value is -4.10. The molecule has 6 rings (SSSR count). The molecule has 0 aliphatic carbocycles. The molecule has 0 bridgehead atoms. The molecule has 4 heterocycles. The minimum Gasteiger partial charge on any atom is -0.507 e. The first-order chi connectivity index (χ1) is 17.0. The molecule has 0 saturated carbocycles. The highest BCUT2D eigenvalue weighted by Crippen LogP contribution is 2.39.